The lowest BCUT2D eigenvalue weighted by atomic mass is 10.1. The molecule has 2 aromatic carbocycles. The molecule has 0 aliphatic rings. The topological polar surface area (TPSA) is 118 Å². The minimum atomic E-state index is -0.166. The summed E-state index contributed by atoms with van der Waals surface area (Å²) < 4.78 is 0. The molecular weight excluding hydrogens is 402 g/mol. The van der Waals surface area contributed by atoms with E-state index in [4.69, 9.17) is 5.73 Å². The molecule has 1 amide bonds. The third kappa shape index (κ3) is 5.31. The Morgan fingerprint density at radius 2 is 1.84 bits per heavy atom. The Bertz CT molecular complexity index is 1230. The highest BCUT2D eigenvalue weighted by Crippen LogP contribution is 2.19. The van der Waals surface area contributed by atoms with E-state index >= 15 is 0 Å². The Kier molecular flexibility index (Phi) is 6.42. The lowest BCUT2D eigenvalue weighted by Gasteiger charge is -2.08. The monoisotopic (exact) mass is 423 g/mol. The van der Waals surface area contributed by atoms with E-state index in [1.807, 2.05) is 48.5 Å². The third-order valence-electron chi connectivity index (χ3n) is 4.58. The van der Waals surface area contributed by atoms with E-state index in [9.17, 15) is 4.79 Å². The molecule has 4 aromatic rings. The second kappa shape index (κ2) is 9.94. The molecule has 32 heavy (non-hydrogen) atoms. The van der Waals surface area contributed by atoms with Gasteiger partial charge in [-0.3, -0.25) is 10.2 Å². The number of nitrogens with zero attached hydrogens (tertiary/aromatic N) is 4. The Hall–Kier alpha value is -4.59. The summed E-state index contributed by atoms with van der Waals surface area (Å²) in [5.74, 6) is 0.679. The Balaban J connectivity index is 1.48. The van der Waals surface area contributed by atoms with E-state index in [0.717, 1.165) is 11.1 Å². The number of carbonyl (C=O) groups is 1. The number of nitrogen functional groups attached to an aromatic ring is 1. The van der Waals surface area contributed by atoms with Crippen molar-refractivity contribution in [3.63, 3.8) is 0 Å². The van der Waals surface area contributed by atoms with Gasteiger partial charge < -0.3 is 11.1 Å². The van der Waals surface area contributed by atoms with Crippen LogP contribution in [0.5, 0.6) is 0 Å². The molecule has 2 heterocycles. The molecule has 0 saturated heterocycles. The molecule has 0 radical (unpaired) electrons. The number of hydrogen-bond donors (Lipinski definition) is 3. The van der Waals surface area contributed by atoms with Crippen molar-refractivity contribution in [1.82, 2.24) is 20.3 Å². The van der Waals surface area contributed by atoms with E-state index in [0.29, 0.717) is 29.3 Å². The second-order valence-corrected chi connectivity index (χ2v) is 6.86. The average Bonchev–Trinajstić information content (AvgIpc) is 2.85. The van der Waals surface area contributed by atoms with Gasteiger partial charge in [-0.15, -0.1) is 0 Å². The van der Waals surface area contributed by atoms with E-state index in [1.54, 1.807) is 36.7 Å². The Morgan fingerprint density at radius 3 is 2.66 bits per heavy atom. The van der Waals surface area contributed by atoms with Crippen LogP contribution in [0.2, 0.25) is 0 Å². The molecule has 2 aromatic heterocycles. The number of benzene rings is 2. The molecule has 0 spiro atoms. The number of hydrogen-bond acceptors (Lipinski definition) is 7. The van der Waals surface area contributed by atoms with Crippen LogP contribution in [-0.2, 0) is 6.54 Å². The Morgan fingerprint density at radius 1 is 1.00 bits per heavy atom. The van der Waals surface area contributed by atoms with Gasteiger partial charge >= 0.3 is 0 Å². The van der Waals surface area contributed by atoms with Gasteiger partial charge in [0, 0.05) is 23.9 Å². The fourth-order valence-corrected chi connectivity index (χ4v) is 2.94. The molecule has 0 atom stereocenters. The minimum Gasteiger partial charge on any atom is -0.382 e. The highest BCUT2D eigenvalue weighted by Gasteiger charge is 2.10. The normalized spacial score (nSPS) is 10.8. The number of rotatable bonds is 7. The van der Waals surface area contributed by atoms with Gasteiger partial charge in [0.05, 0.1) is 18.1 Å². The molecule has 8 heteroatoms. The van der Waals surface area contributed by atoms with Crippen molar-refractivity contribution in [1.29, 1.82) is 0 Å². The van der Waals surface area contributed by atoms with Crippen LogP contribution in [0.15, 0.2) is 90.3 Å². The van der Waals surface area contributed by atoms with Gasteiger partial charge in [0.25, 0.3) is 5.91 Å². The molecule has 0 fully saturated rings. The summed E-state index contributed by atoms with van der Waals surface area (Å²) >= 11 is 0. The van der Waals surface area contributed by atoms with Crippen molar-refractivity contribution in [2.24, 2.45) is 5.10 Å². The molecule has 4 N–H and O–H groups in total. The van der Waals surface area contributed by atoms with Gasteiger partial charge in [-0.2, -0.15) is 5.10 Å². The van der Waals surface area contributed by atoms with Crippen molar-refractivity contribution in [2.45, 2.75) is 6.54 Å². The van der Waals surface area contributed by atoms with Crippen LogP contribution in [0.1, 0.15) is 21.6 Å². The summed E-state index contributed by atoms with van der Waals surface area (Å²) in [6, 6.07) is 22.4. The van der Waals surface area contributed by atoms with Crippen LogP contribution < -0.4 is 16.5 Å². The zero-order valence-electron chi connectivity index (χ0n) is 17.1. The maximum absolute atomic E-state index is 12.6. The first-order valence-corrected chi connectivity index (χ1v) is 9.94. The Labute approximate surface area is 185 Å². The summed E-state index contributed by atoms with van der Waals surface area (Å²) in [6.45, 7) is 0.454. The van der Waals surface area contributed by atoms with Crippen LogP contribution in [0, 0.1) is 0 Å². The summed E-state index contributed by atoms with van der Waals surface area (Å²) in [5, 5.41) is 7.05. The fraction of sp³-hybridized carbons (Fsp3) is 0.0417. The first kappa shape index (κ1) is 20.7. The van der Waals surface area contributed by atoms with E-state index in [-0.39, 0.29) is 11.7 Å². The molecule has 0 unspecified atom stereocenters. The standard InChI is InChI=1S/C24H21N7O/c25-23-21(16-29-31-22-11-4-5-12-26-22)30-20(15-27-23)18-9-6-10-19(13-18)24(32)28-14-17-7-2-1-3-8-17/h1-13,15-16H,14H2,(H2,25,27)(H,26,31)(H,28,32)/b29-16+. The van der Waals surface area contributed by atoms with Crippen LogP contribution in [0.4, 0.5) is 11.6 Å². The molecule has 0 saturated carbocycles. The van der Waals surface area contributed by atoms with Gasteiger partial charge in [-0.05, 0) is 29.8 Å². The lowest BCUT2D eigenvalue weighted by molar-refractivity contribution is 0.0951. The first-order valence-electron chi connectivity index (χ1n) is 9.94. The highest BCUT2D eigenvalue weighted by atomic mass is 16.1. The summed E-state index contributed by atoms with van der Waals surface area (Å²) in [5.41, 5.74) is 12.1. The smallest absolute Gasteiger partial charge is 0.251 e. The highest BCUT2D eigenvalue weighted by molar-refractivity contribution is 5.95. The molecule has 0 aliphatic heterocycles. The van der Waals surface area contributed by atoms with Crippen molar-refractivity contribution in [3.8, 4) is 11.3 Å². The number of hydrazone groups is 1. The SMILES string of the molecule is Nc1ncc(-c2cccc(C(=O)NCc3ccccc3)c2)nc1/C=N/Nc1ccccn1. The number of anilines is 2. The molecular formula is C24H21N7O. The third-order valence-corrected chi connectivity index (χ3v) is 4.58. The zero-order valence-corrected chi connectivity index (χ0v) is 17.1. The van der Waals surface area contributed by atoms with Crippen LogP contribution >= 0.6 is 0 Å². The molecule has 4 rings (SSSR count). The first-order chi connectivity index (χ1) is 15.7. The van der Waals surface area contributed by atoms with Gasteiger partial charge in [0.1, 0.15) is 11.5 Å². The number of aromatic nitrogens is 3. The van der Waals surface area contributed by atoms with Crippen LogP contribution in [-0.4, -0.2) is 27.1 Å². The maximum Gasteiger partial charge on any atom is 0.251 e. The van der Waals surface area contributed by atoms with Crippen molar-refractivity contribution < 1.29 is 4.79 Å². The number of nitrogens with one attached hydrogen (secondary N) is 2. The largest absolute Gasteiger partial charge is 0.382 e. The predicted octanol–water partition coefficient (Wildman–Crippen LogP) is 3.50. The number of amides is 1. The van der Waals surface area contributed by atoms with Gasteiger partial charge in [-0.25, -0.2) is 15.0 Å². The lowest BCUT2D eigenvalue weighted by Crippen LogP contribution is -2.22. The quantitative estimate of drug-likeness (QED) is 0.309. The summed E-state index contributed by atoms with van der Waals surface area (Å²) in [6.07, 6.45) is 4.71. The van der Waals surface area contributed by atoms with Crippen molar-refractivity contribution in [3.05, 3.63) is 102 Å². The summed E-state index contributed by atoms with van der Waals surface area (Å²) in [4.78, 5) is 25.5. The number of pyridine rings is 1. The van der Waals surface area contributed by atoms with Crippen molar-refractivity contribution in [2.75, 3.05) is 11.2 Å². The molecule has 158 valence electrons. The summed E-state index contributed by atoms with van der Waals surface area (Å²) in [7, 11) is 0. The molecule has 8 nitrogen and oxygen atoms in total. The minimum absolute atomic E-state index is 0.166. The second-order valence-electron chi connectivity index (χ2n) is 6.86. The van der Waals surface area contributed by atoms with E-state index < -0.39 is 0 Å². The molecule has 0 bridgehead atoms. The number of nitrogens with two attached hydrogens (primary N) is 1. The van der Waals surface area contributed by atoms with E-state index in [2.05, 4.69) is 30.8 Å². The fourth-order valence-electron chi connectivity index (χ4n) is 2.94. The predicted molar refractivity (Wildman–Crippen MR) is 125 cm³/mol. The van der Waals surface area contributed by atoms with Gasteiger partial charge in [-0.1, -0.05) is 48.5 Å². The van der Waals surface area contributed by atoms with Gasteiger partial charge in [0.15, 0.2) is 5.82 Å². The van der Waals surface area contributed by atoms with Crippen LogP contribution in [0.3, 0.4) is 0 Å². The molecule has 0 aliphatic carbocycles. The van der Waals surface area contributed by atoms with Gasteiger partial charge in [0.2, 0.25) is 0 Å². The number of carbonyl (C=O) groups excluding carboxylic acids is 1. The van der Waals surface area contributed by atoms with E-state index in [1.165, 1.54) is 6.21 Å². The average molecular weight is 423 g/mol. The van der Waals surface area contributed by atoms with Crippen molar-refractivity contribution >= 4 is 23.8 Å². The zero-order chi connectivity index (χ0) is 22.2. The maximum atomic E-state index is 12.6. The van der Waals surface area contributed by atoms with Crippen LogP contribution in [0.25, 0.3) is 11.3 Å².